The molecule has 0 saturated heterocycles. The van der Waals surface area contributed by atoms with Gasteiger partial charge in [-0.25, -0.2) is 0 Å². The second-order valence-corrected chi connectivity index (χ2v) is 5.97. The fourth-order valence-electron chi connectivity index (χ4n) is 3.41. The van der Waals surface area contributed by atoms with Crippen LogP contribution in [0.3, 0.4) is 0 Å². The number of hydrogen-bond donors (Lipinski definition) is 1. The summed E-state index contributed by atoms with van der Waals surface area (Å²) < 4.78 is 11.8. The van der Waals surface area contributed by atoms with Gasteiger partial charge < -0.3 is 14.8 Å². The van der Waals surface area contributed by atoms with Gasteiger partial charge in [0.1, 0.15) is 12.7 Å². The lowest BCUT2D eigenvalue weighted by atomic mass is 9.83. The maximum absolute atomic E-state index is 6.00. The highest BCUT2D eigenvalue weighted by atomic mass is 16.6. The van der Waals surface area contributed by atoms with Gasteiger partial charge in [-0.05, 0) is 30.9 Å². The van der Waals surface area contributed by atoms with E-state index in [4.69, 9.17) is 9.47 Å². The summed E-state index contributed by atoms with van der Waals surface area (Å²) in [4.78, 5) is 0. The molecule has 3 heteroatoms. The molecule has 1 heterocycles. The Morgan fingerprint density at radius 1 is 1.15 bits per heavy atom. The Balaban J connectivity index is 1.52. The first-order valence-electron chi connectivity index (χ1n) is 7.98. The molecule has 1 aliphatic heterocycles. The van der Waals surface area contributed by atoms with E-state index in [0.717, 1.165) is 24.0 Å². The van der Waals surface area contributed by atoms with Crippen LogP contribution in [0.1, 0.15) is 39.0 Å². The molecule has 0 aromatic heterocycles. The highest BCUT2D eigenvalue weighted by Crippen LogP contribution is 2.31. The number of hydrogen-bond acceptors (Lipinski definition) is 3. The zero-order chi connectivity index (χ0) is 13.8. The van der Waals surface area contributed by atoms with Gasteiger partial charge in [0, 0.05) is 12.6 Å². The molecule has 3 nitrogen and oxygen atoms in total. The lowest BCUT2D eigenvalue weighted by Crippen LogP contribution is -2.46. The SMILES string of the molecule is CCC1CCCCC1NCC1COc2ccccc2O1. The van der Waals surface area contributed by atoms with E-state index in [1.807, 2.05) is 24.3 Å². The van der Waals surface area contributed by atoms with Crippen LogP contribution in [0.4, 0.5) is 0 Å². The van der Waals surface area contributed by atoms with Gasteiger partial charge in [-0.3, -0.25) is 0 Å². The van der Waals surface area contributed by atoms with E-state index in [2.05, 4.69) is 12.2 Å². The van der Waals surface area contributed by atoms with Crippen molar-refractivity contribution in [2.75, 3.05) is 13.2 Å². The van der Waals surface area contributed by atoms with Crippen LogP contribution in [-0.4, -0.2) is 25.3 Å². The fraction of sp³-hybridized carbons (Fsp3) is 0.647. The third kappa shape index (κ3) is 3.09. The minimum absolute atomic E-state index is 0.129. The van der Waals surface area contributed by atoms with Gasteiger partial charge in [0.15, 0.2) is 11.5 Å². The highest BCUT2D eigenvalue weighted by Gasteiger charge is 2.26. The molecule has 1 fully saturated rings. The average Bonchev–Trinajstić information content (AvgIpc) is 2.53. The summed E-state index contributed by atoms with van der Waals surface area (Å²) in [7, 11) is 0. The molecule has 3 atom stereocenters. The second-order valence-electron chi connectivity index (χ2n) is 5.97. The predicted octanol–water partition coefficient (Wildman–Crippen LogP) is 3.38. The molecule has 1 aliphatic carbocycles. The Bertz CT molecular complexity index is 435. The first-order valence-corrected chi connectivity index (χ1v) is 7.98. The molecule has 0 radical (unpaired) electrons. The van der Waals surface area contributed by atoms with Crippen molar-refractivity contribution >= 4 is 0 Å². The molecule has 3 rings (SSSR count). The molecule has 0 amide bonds. The molecule has 20 heavy (non-hydrogen) atoms. The summed E-state index contributed by atoms with van der Waals surface area (Å²) in [6, 6.07) is 8.58. The summed E-state index contributed by atoms with van der Waals surface area (Å²) in [6.45, 7) is 3.84. The van der Waals surface area contributed by atoms with Gasteiger partial charge in [0.05, 0.1) is 0 Å². The van der Waals surface area contributed by atoms with Crippen molar-refractivity contribution in [3.05, 3.63) is 24.3 Å². The third-order valence-corrected chi connectivity index (χ3v) is 4.61. The fourth-order valence-corrected chi connectivity index (χ4v) is 3.41. The third-order valence-electron chi connectivity index (χ3n) is 4.61. The smallest absolute Gasteiger partial charge is 0.161 e. The van der Waals surface area contributed by atoms with Crippen LogP contribution in [-0.2, 0) is 0 Å². The molecule has 2 aliphatic rings. The largest absolute Gasteiger partial charge is 0.486 e. The second kappa shape index (κ2) is 6.49. The summed E-state index contributed by atoms with van der Waals surface area (Å²) in [6.07, 6.45) is 6.85. The van der Waals surface area contributed by atoms with Gasteiger partial charge in [0.2, 0.25) is 0 Å². The molecular weight excluding hydrogens is 250 g/mol. The van der Waals surface area contributed by atoms with Crippen LogP contribution < -0.4 is 14.8 Å². The molecule has 0 bridgehead atoms. The summed E-state index contributed by atoms with van der Waals surface area (Å²) in [5, 5.41) is 3.72. The van der Waals surface area contributed by atoms with Gasteiger partial charge in [-0.15, -0.1) is 0 Å². The standard InChI is InChI=1S/C17H25NO2/c1-2-13-7-3-4-8-15(13)18-11-14-12-19-16-9-5-6-10-17(16)20-14/h5-6,9-10,13-15,18H,2-4,7-8,11-12H2,1H3. The van der Waals surface area contributed by atoms with Crippen molar-refractivity contribution < 1.29 is 9.47 Å². The predicted molar refractivity (Wildman–Crippen MR) is 80.4 cm³/mol. The van der Waals surface area contributed by atoms with Gasteiger partial charge in [0.25, 0.3) is 0 Å². The number of nitrogens with one attached hydrogen (secondary N) is 1. The van der Waals surface area contributed by atoms with E-state index < -0.39 is 0 Å². The highest BCUT2D eigenvalue weighted by molar-refractivity contribution is 5.40. The average molecular weight is 275 g/mol. The Labute approximate surface area is 121 Å². The summed E-state index contributed by atoms with van der Waals surface area (Å²) >= 11 is 0. The molecule has 1 N–H and O–H groups in total. The summed E-state index contributed by atoms with van der Waals surface area (Å²) in [5.41, 5.74) is 0. The maximum atomic E-state index is 6.00. The molecule has 1 aromatic rings. The molecule has 3 unspecified atom stereocenters. The quantitative estimate of drug-likeness (QED) is 0.913. The van der Waals surface area contributed by atoms with Gasteiger partial charge in [-0.2, -0.15) is 0 Å². The van der Waals surface area contributed by atoms with E-state index >= 15 is 0 Å². The molecule has 110 valence electrons. The number of ether oxygens (including phenoxy) is 2. The minimum atomic E-state index is 0.129. The van der Waals surface area contributed by atoms with Crippen LogP contribution >= 0.6 is 0 Å². The first kappa shape index (κ1) is 13.7. The topological polar surface area (TPSA) is 30.5 Å². The Kier molecular flexibility index (Phi) is 4.46. The Morgan fingerprint density at radius 2 is 1.95 bits per heavy atom. The van der Waals surface area contributed by atoms with E-state index in [9.17, 15) is 0 Å². The van der Waals surface area contributed by atoms with Crippen molar-refractivity contribution in [1.82, 2.24) is 5.32 Å². The summed E-state index contributed by atoms with van der Waals surface area (Å²) in [5.74, 6) is 2.58. The zero-order valence-electron chi connectivity index (χ0n) is 12.3. The first-order chi connectivity index (χ1) is 9.86. The van der Waals surface area contributed by atoms with E-state index in [0.29, 0.717) is 12.6 Å². The van der Waals surface area contributed by atoms with Crippen LogP contribution in [0.5, 0.6) is 11.5 Å². The van der Waals surface area contributed by atoms with Crippen LogP contribution in [0.15, 0.2) is 24.3 Å². The van der Waals surface area contributed by atoms with Crippen molar-refractivity contribution in [3.8, 4) is 11.5 Å². The Hall–Kier alpha value is -1.22. The van der Waals surface area contributed by atoms with Crippen LogP contribution in [0.25, 0.3) is 0 Å². The number of rotatable bonds is 4. The van der Waals surface area contributed by atoms with E-state index in [-0.39, 0.29) is 6.10 Å². The van der Waals surface area contributed by atoms with Crippen molar-refractivity contribution in [3.63, 3.8) is 0 Å². The lowest BCUT2D eigenvalue weighted by Gasteiger charge is -2.34. The zero-order valence-corrected chi connectivity index (χ0v) is 12.3. The number of benzene rings is 1. The van der Waals surface area contributed by atoms with Gasteiger partial charge >= 0.3 is 0 Å². The van der Waals surface area contributed by atoms with Crippen LogP contribution in [0, 0.1) is 5.92 Å². The lowest BCUT2D eigenvalue weighted by molar-refractivity contribution is 0.0836. The van der Waals surface area contributed by atoms with Gasteiger partial charge in [-0.1, -0.05) is 38.3 Å². The minimum Gasteiger partial charge on any atom is -0.486 e. The van der Waals surface area contributed by atoms with Crippen molar-refractivity contribution in [2.45, 2.75) is 51.2 Å². The number of para-hydroxylation sites is 2. The monoisotopic (exact) mass is 275 g/mol. The van der Waals surface area contributed by atoms with E-state index in [1.165, 1.54) is 32.1 Å². The molecular formula is C17H25NO2. The molecule has 0 spiro atoms. The molecule has 1 saturated carbocycles. The normalized spacial score (nSPS) is 29.1. The van der Waals surface area contributed by atoms with E-state index in [1.54, 1.807) is 0 Å². The maximum Gasteiger partial charge on any atom is 0.161 e. The Morgan fingerprint density at radius 3 is 2.80 bits per heavy atom. The molecule has 1 aromatic carbocycles. The van der Waals surface area contributed by atoms with Crippen LogP contribution in [0.2, 0.25) is 0 Å². The van der Waals surface area contributed by atoms with Crippen molar-refractivity contribution in [1.29, 1.82) is 0 Å². The van der Waals surface area contributed by atoms with Crippen molar-refractivity contribution in [2.24, 2.45) is 5.92 Å². The number of fused-ring (bicyclic) bond motifs is 1.